The SMILES string of the molecule is C[C@H]1C[C@@H](OC2CCCCO2)C[C@@H]2CC[C@H]3[C@@H]4[C@H]([C@@H]5CO5)C[C@H](O)[C@@]4(C)CC[C@@H]3[C@]21C. The van der Waals surface area contributed by atoms with Crippen LogP contribution in [-0.4, -0.2) is 42.9 Å². The van der Waals surface area contributed by atoms with Crippen molar-refractivity contribution in [2.24, 2.45) is 46.3 Å². The van der Waals surface area contributed by atoms with E-state index in [0.29, 0.717) is 35.4 Å². The molecular formula is C27H44O4. The molecule has 4 aliphatic carbocycles. The van der Waals surface area contributed by atoms with Gasteiger partial charge in [0.15, 0.2) is 6.29 Å². The summed E-state index contributed by atoms with van der Waals surface area (Å²) in [4.78, 5) is 0. The Morgan fingerprint density at radius 3 is 2.52 bits per heavy atom. The highest BCUT2D eigenvalue weighted by Crippen LogP contribution is 2.69. The van der Waals surface area contributed by atoms with Crippen LogP contribution in [0.1, 0.15) is 85.0 Å². The quantitative estimate of drug-likeness (QED) is 0.494. The molecule has 0 radical (unpaired) electrons. The summed E-state index contributed by atoms with van der Waals surface area (Å²) in [6.45, 7) is 9.37. The van der Waals surface area contributed by atoms with Crippen molar-refractivity contribution >= 4 is 0 Å². The molecule has 6 fully saturated rings. The van der Waals surface area contributed by atoms with Crippen LogP contribution in [0.15, 0.2) is 0 Å². The number of rotatable bonds is 3. The van der Waals surface area contributed by atoms with Gasteiger partial charge in [-0.3, -0.25) is 0 Å². The van der Waals surface area contributed by atoms with Gasteiger partial charge in [-0.2, -0.15) is 0 Å². The highest BCUT2D eigenvalue weighted by atomic mass is 16.7. The smallest absolute Gasteiger partial charge is 0.157 e. The van der Waals surface area contributed by atoms with E-state index in [0.717, 1.165) is 43.8 Å². The van der Waals surface area contributed by atoms with E-state index < -0.39 is 0 Å². The summed E-state index contributed by atoms with van der Waals surface area (Å²) in [7, 11) is 0. The van der Waals surface area contributed by atoms with Crippen LogP contribution in [-0.2, 0) is 14.2 Å². The predicted molar refractivity (Wildman–Crippen MR) is 119 cm³/mol. The molecule has 2 aliphatic heterocycles. The molecule has 0 aromatic heterocycles. The van der Waals surface area contributed by atoms with Crippen LogP contribution >= 0.6 is 0 Å². The summed E-state index contributed by atoms with van der Waals surface area (Å²) in [6, 6.07) is 0. The molecule has 4 heteroatoms. The van der Waals surface area contributed by atoms with Crippen molar-refractivity contribution in [3.8, 4) is 0 Å². The molecule has 4 saturated carbocycles. The fourth-order valence-electron chi connectivity index (χ4n) is 9.65. The van der Waals surface area contributed by atoms with Gasteiger partial charge < -0.3 is 19.3 Å². The minimum atomic E-state index is -0.129. The van der Waals surface area contributed by atoms with Gasteiger partial charge >= 0.3 is 0 Å². The molecule has 31 heavy (non-hydrogen) atoms. The Labute approximate surface area is 188 Å². The van der Waals surface area contributed by atoms with Gasteiger partial charge in [0.05, 0.1) is 24.9 Å². The third kappa shape index (κ3) is 3.29. The minimum Gasteiger partial charge on any atom is -0.393 e. The monoisotopic (exact) mass is 432 g/mol. The van der Waals surface area contributed by atoms with Crippen molar-refractivity contribution in [3.63, 3.8) is 0 Å². The second-order valence-electron chi connectivity index (χ2n) is 12.7. The fourth-order valence-corrected chi connectivity index (χ4v) is 9.65. The van der Waals surface area contributed by atoms with Crippen molar-refractivity contribution in [3.05, 3.63) is 0 Å². The van der Waals surface area contributed by atoms with Crippen LogP contribution in [0.25, 0.3) is 0 Å². The van der Waals surface area contributed by atoms with Gasteiger partial charge in [0.2, 0.25) is 0 Å². The highest BCUT2D eigenvalue weighted by molar-refractivity contribution is 5.14. The summed E-state index contributed by atoms with van der Waals surface area (Å²) < 4.78 is 18.2. The molecule has 2 saturated heterocycles. The molecule has 12 atom stereocenters. The fraction of sp³-hybridized carbons (Fsp3) is 1.00. The molecule has 0 aromatic rings. The molecule has 1 unspecified atom stereocenters. The van der Waals surface area contributed by atoms with E-state index in [9.17, 15) is 5.11 Å². The largest absolute Gasteiger partial charge is 0.393 e. The van der Waals surface area contributed by atoms with Crippen LogP contribution in [0.3, 0.4) is 0 Å². The zero-order valence-electron chi connectivity index (χ0n) is 19.9. The summed E-state index contributed by atoms with van der Waals surface area (Å²) in [6.07, 6.45) is 12.8. The zero-order valence-corrected chi connectivity index (χ0v) is 19.9. The van der Waals surface area contributed by atoms with Crippen molar-refractivity contribution in [1.82, 2.24) is 0 Å². The first kappa shape index (κ1) is 21.4. The van der Waals surface area contributed by atoms with E-state index in [-0.39, 0.29) is 17.8 Å². The standard InChI is InChI=1S/C27H44O4/c1-16-12-18(31-24-6-4-5-11-29-24)13-17-7-8-19-21(27(16,17)3)9-10-26(2)23(28)14-20(25(19)26)22-15-30-22/h16-25,28H,4-15H2,1-3H3/t16-,17-,18+,19+,20-,21-,22-,23-,24?,25+,26+,27-/m0/s1. The van der Waals surface area contributed by atoms with E-state index in [2.05, 4.69) is 20.8 Å². The Morgan fingerprint density at radius 1 is 0.935 bits per heavy atom. The molecule has 6 rings (SSSR count). The maximum Gasteiger partial charge on any atom is 0.157 e. The maximum absolute atomic E-state index is 11.1. The van der Waals surface area contributed by atoms with Crippen molar-refractivity contribution in [2.75, 3.05) is 13.2 Å². The first-order valence-corrected chi connectivity index (χ1v) is 13.5. The molecule has 0 bridgehead atoms. The zero-order chi connectivity index (χ0) is 21.4. The molecule has 2 heterocycles. The van der Waals surface area contributed by atoms with Gasteiger partial charge in [0, 0.05) is 6.61 Å². The Hall–Kier alpha value is -0.160. The maximum atomic E-state index is 11.1. The first-order valence-electron chi connectivity index (χ1n) is 13.5. The van der Waals surface area contributed by atoms with Gasteiger partial charge in [0.1, 0.15) is 0 Å². The molecule has 176 valence electrons. The van der Waals surface area contributed by atoms with E-state index in [1.54, 1.807) is 0 Å². The van der Waals surface area contributed by atoms with Crippen LogP contribution in [0, 0.1) is 46.3 Å². The van der Waals surface area contributed by atoms with Crippen molar-refractivity contribution in [1.29, 1.82) is 0 Å². The van der Waals surface area contributed by atoms with E-state index >= 15 is 0 Å². The lowest BCUT2D eigenvalue weighted by atomic mass is 9.42. The third-order valence-corrected chi connectivity index (χ3v) is 11.5. The topological polar surface area (TPSA) is 51.2 Å². The minimum absolute atomic E-state index is 0.0429. The van der Waals surface area contributed by atoms with Crippen molar-refractivity contribution < 1.29 is 19.3 Å². The number of hydrogen-bond acceptors (Lipinski definition) is 4. The Bertz CT molecular complexity index is 672. The van der Waals surface area contributed by atoms with Crippen LogP contribution < -0.4 is 0 Å². The van der Waals surface area contributed by atoms with E-state index in [1.807, 2.05) is 0 Å². The Morgan fingerprint density at radius 2 is 1.77 bits per heavy atom. The van der Waals surface area contributed by atoms with Crippen molar-refractivity contribution in [2.45, 2.75) is 110 Å². The van der Waals surface area contributed by atoms with E-state index in [1.165, 1.54) is 51.4 Å². The predicted octanol–water partition coefficient (Wildman–Crippen LogP) is 5.17. The lowest BCUT2D eigenvalue weighted by Gasteiger charge is -2.63. The average molecular weight is 433 g/mol. The molecule has 4 nitrogen and oxygen atoms in total. The average Bonchev–Trinajstić information content (AvgIpc) is 3.55. The lowest BCUT2D eigenvalue weighted by Crippen LogP contribution is -2.58. The number of hydrogen-bond donors (Lipinski definition) is 1. The summed E-state index contributed by atoms with van der Waals surface area (Å²) in [5.74, 6) is 4.29. The molecule has 1 N–H and O–H groups in total. The number of fused-ring (bicyclic) bond motifs is 5. The second-order valence-corrected chi connectivity index (χ2v) is 12.7. The first-order chi connectivity index (χ1) is 14.9. The normalized spacial score (nSPS) is 58.8. The number of aliphatic hydroxyl groups excluding tert-OH is 1. The summed E-state index contributed by atoms with van der Waals surface area (Å²) >= 11 is 0. The number of aliphatic hydroxyl groups is 1. The highest BCUT2D eigenvalue weighted by Gasteiger charge is 2.65. The van der Waals surface area contributed by atoms with Gasteiger partial charge in [-0.15, -0.1) is 0 Å². The molecule has 0 spiro atoms. The van der Waals surface area contributed by atoms with Gasteiger partial charge in [-0.1, -0.05) is 20.8 Å². The van der Waals surface area contributed by atoms with Crippen LogP contribution in [0.4, 0.5) is 0 Å². The second kappa shape index (κ2) is 7.68. The lowest BCUT2D eigenvalue weighted by molar-refractivity contribution is -0.223. The molecule has 0 aromatic carbocycles. The number of ether oxygens (including phenoxy) is 3. The van der Waals surface area contributed by atoms with Crippen LogP contribution in [0.5, 0.6) is 0 Å². The Kier molecular flexibility index (Phi) is 5.30. The molecule has 6 aliphatic rings. The van der Waals surface area contributed by atoms with Gasteiger partial charge in [-0.25, -0.2) is 0 Å². The molecular weight excluding hydrogens is 388 g/mol. The summed E-state index contributed by atoms with van der Waals surface area (Å²) in [5, 5.41) is 11.1. The van der Waals surface area contributed by atoms with E-state index in [4.69, 9.17) is 14.2 Å². The molecule has 0 amide bonds. The summed E-state index contributed by atoms with van der Waals surface area (Å²) in [5.41, 5.74) is 0.531. The van der Waals surface area contributed by atoms with Gasteiger partial charge in [0.25, 0.3) is 0 Å². The van der Waals surface area contributed by atoms with Gasteiger partial charge in [-0.05, 0) is 111 Å². The Balaban J connectivity index is 1.22. The third-order valence-electron chi connectivity index (χ3n) is 11.5. The van der Waals surface area contributed by atoms with Crippen LogP contribution in [0.2, 0.25) is 0 Å². The number of epoxide rings is 1.